The monoisotopic (exact) mass is 175 g/mol. The highest BCUT2D eigenvalue weighted by Gasteiger charge is 2.04. The van der Waals surface area contributed by atoms with E-state index in [2.05, 4.69) is 16.8 Å². The van der Waals surface area contributed by atoms with E-state index in [4.69, 9.17) is 0 Å². The minimum atomic E-state index is -0.896. The van der Waals surface area contributed by atoms with Gasteiger partial charge in [-0.05, 0) is 31.5 Å². The highest BCUT2D eigenvalue weighted by atomic mass is 16.3. The van der Waals surface area contributed by atoms with E-state index in [0.29, 0.717) is 6.42 Å². The summed E-state index contributed by atoms with van der Waals surface area (Å²) in [5, 5.41) is 9.31. The van der Waals surface area contributed by atoms with Crippen LogP contribution in [0.4, 0.5) is 0 Å². The molecule has 0 aromatic carbocycles. The van der Waals surface area contributed by atoms with Crippen molar-refractivity contribution < 1.29 is 5.11 Å². The summed E-state index contributed by atoms with van der Waals surface area (Å²) in [6.45, 7) is 3.35. The van der Waals surface area contributed by atoms with Crippen molar-refractivity contribution in [2.45, 2.75) is 25.9 Å². The van der Waals surface area contributed by atoms with E-state index < -0.39 is 5.60 Å². The van der Waals surface area contributed by atoms with E-state index in [-0.39, 0.29) is 0 Å². The topological polar surface area (TPSA) is 33.1 Å². The smallest absolute Gasteiger partial charge is 0.119 e. The Balaban J connectivity index is 2.56. The first-order valence-electron chi connectivity index (χ1n) is 4.19. The second-order valence-corrected chi connectivity index (χ2v) is 3.39. The van der Waals surface area contributed by atoms with Crippen molar-refractivity contribution in [2.75, 3.05) is 0 Å². The second-order valence-electron chi connectivity index (χ2n) is 3.39. The Kier molecular flexibility index (Phi) is 3.05. The van der Waals surface area contributed by atoms with E-state index in [1.165, 1.54) is 0 Å². The molecule has 0 aliphatic carbocycles. The van der Waals surface area contributed by atoms with Gasteiger partial charge in [-0.25, -0.2) is 0 Å². The molecule has 2 nitrogen and oxygen atoms in total. The minimum Gasteiger partial charge on any atom is -0.378 e. The maximum atomic E-state index is 9.31. The standard InChI is InChI=1S/C11H13NO/c1-11(2,13)7-3-4-10-5-8-12-9-6-10/h5-6,8-9,13H,4H2,1-2H3. The van der Waals surface area contributed by atoms with Gasteiger partial charge in [0.25, 0.3) is 0 Å². The van der Waals surface area contributed by atoms with Gasteiger partial charge in [0.1, 0.15) is 5.60 Å². The first kappa shape index (κ1) is 9.76. The van der Waals surface area contributed by atoms with Crippen LogP contribution in [0, 0.1) is 11.8 Å². The van der Waals surface area contributed by atoms with Crippen LogP contribution in [0.1, 0.15) is 19.4 Å². The first-order valence-corrected chi connectivity index (χ1v) is 4.19. The summed E-state index contributed by atoms with van der Waals surface area (Å²) >= 11 is 0. The molecule has 0 aliphatic heterocycles. The fourth-order valence-corrected chi connectivity index (χ4v) is 0.863. The Labute approximate surface area is 78.6 Å². The molecular weight excluding hydrogens is 162 g/mol. The zero-order chi connectivity index (χ0) is 9.73. The van der Waals surface area contributed by atoms with E-state index in [1.54, 1.807) is 26.2 Å². The van der Waals surface area contributed by atoms with Crippen LogP contribution in [-0.2, 0) is 6.42 Å². The van der Waals surface area contributed by atoms with Gasteiger partial charge in [0.2, 0.25) is 0 Å². The van der Waals surface area contributed by atoms with E-state index in [0.717, 1.165) is 5.56 Å². The van der Waals surface area contributed by atoms with Gasteiger partial charge in [0, 0.05) is 18.8 Å². The van der Waals surface area contributed by atoms with Crippen LogP contribution in [0.25, 0.3) is 0 Å². The zero-order valence-electron chi connectivity index (χ0n) is 7.91. The van der Waals surface area contributed by atoms with Crippen LogP contribution in [0.3, 0.4) is 0 Å². The van der Waals surface area contributed by atoms with Gasteiger partial charge in [0.05, 0.1) is 0 Å². The molecule has 0 bridgehead atoms. The summed E-state index contributed by atoms with van der Waals surface area (Å²) in [4.78, 5) is 3.90. The number of hydrogen-bond acceptors (Lipinski definition) is 2. The number of aliphatic hydroxyl groups is 1. The normalized spacial score (nSPS) is 10.4. The van der Waals surface area contributed by atoms with Crippen molar-refractivity contribution in [3.8, 4) is 11.8 Å². The average Bonchev–Trinajstić information content (AvgIpc) is 2.04. The predicted molar refractivity (Wildman–Crippen MR) is 52.0 cm³/mol. The largest absolute Gasteiger partial charge is 0.378 e. The highest BCUT2D eigenvalue weighted by Crippen LogP contribution is 1.99. The summed E-state index contributed by atoms with van der Waals surface area (Å²) in [7, 11) is 0. The maximum Gasteiger partial charge on any atom is 0.119 e. The molecule has 0 amide bonds. The maximum absolute atomic E-state index is 9.31. The molecule has 1 heterocycles. The third kappa shape index (κ3) is 4.29. The van der Waals surface area contributed by atoms with E-state index in [1.807, 2.05) is 12.1 Å². The molecule has 0 fully saturated rings. The lowest BCUT2D eigenvalue weighted by Crippen LogP contribution is -2.14. The molecule has 0 aliphatic rings. The number of nitrogens with zero attached hydrogens (tertiary/aromatic N) is 1. The van der Waals surface area contributed by atoms with Gasteiger partial charge < -0.3 is 5.11 Å². The molecule has 0 radical (unpaired) electrons. The van der Waals surface area contributed by atoms with Crippen LogP contribution in [-0.4, -0.2) is 15.7 Å². The molecule has 2 heteroatoms. The van der Waals surface area contributed by atoms with E-state index in [9.17, 15) is 5.11 Å². The Morgan fingerprint density at radius 3 is 2.54 bits per heavy atom. The van der Waals surface area contributed by atoms with Crippen LogP contribution in [0.5, 0.6) is 0 Å². The third-order valence-electron chi connectivity index (χ3n) is 1.44. The third-order valence-corrected chi connectivity index (χ3v) is 1.44. The molecule has 13 heavy (non-hydrogen) atoms. The lowest BCUT2D eigenvalue weighted by molar-refractivity contribution is 0.143. The summed E-state index contributed by atoms with van der Waals surface area (Å²) in [6.07, 6.45) is 4.13. The summed E-state index contributed by atoms with van der Waals surface area (Å²) < 4.78 is 0. The lowest BCUT2D eigenvalue weighted by atomic mass is 10.1. The molecule has 0 spiro atoms. The predicted octanol–water partition coefficient (Wildman–Crippen LogP) is 1.40. The quantitative estimate of drug-likeness (QED) is 0.654. The number of aromatic nitrogens is 1. The van der Waals surface area contributed by atoms with E-state index >= 15 is 0 Å². The Morgan fingerprint density at radius 1 is 1.38 bits per heavy atom. The SMILES string of the molecule is CC(C)(O)C#CCc1ccncc1. The van der Waals surface area contributed by atoms with Crippen LogP contribution in [0.15, 0.2) is 24.5 Å². The number of hydrogen-bond donors (Lipinski definition) is 1. The van der Waals surface area contributed by atoms with Crippen LogP contribution >= 0.6 is 0 Å². The molecule has 0 atom stereocenters. The highest BCUT2D eigenvalue weighted by molar-refractivity contribution is 5.20. The molecule has 1 N–H and O–H groups in total. The van der Waals surface area contributed by atoms with Crippen molar-refractivity contribution >= 4 is 0 Å². The van der Waals surface area contributed by atoms with Gasteiger partial charge in [-0.15, -0.1) is 0 Å². The van der Waals surface area contributed by atoms with Gasteiger partial charge in [0.15, 0.2) is 0 Å². The van der Waals surface area contributed by atoms with Crippen LogP contribution in [0.2, 0.25) is 0 Å². The Hall–Kier alpha value is -1.33. The Morgan fingerprint density at radius 2 is 2.00 bits per heavy atom. The lowest BCUT2D eigenvalue weighted by Gasteiger charge is -2.05. The summed E-state index contributed by atoms with van der Waals surface area (Å²) in [5.74, 6) is 5.67. The second kappa shape index (κ2) is 4.06. The zero-order valence-corrected chi connectivity index (χ0v) is 7.91. The molecule has 1 aromatic rings. The molecule has 1 rings (SSSR count). The first-order chi connectivity index (χ1) is 6.08. The molecule has 1 aromatic heterocycles. The van der Waals surface area contributed by atoms with Crippen molar-refractivity contribution in [3.05, 3.63) is 30.1 Å². The summed E-state index contributed by atoms with van der Waals surface area (Å²) in [6, 6.07) is 3.83. The molecule has 0 saturated heterocycles. The number of pyridine rings is 1. The number of rotatable bonds is 1. The minimum absolute atomic E-state index is 0.659. The fraction of sp³-hybridized carbons (Fsp3) is 0.364. The van der Waals surface area contributed by atoms with Gasteiger partial charge in [-0.3, -0.25) is 4.98 Å². The Bertz CT molecular complexity index is 313. The molecule has 0 unspecified atom stereocenters. The van der Waals surface area contributed by atoms with Crippen molar-refractivity contribution in [2.24, 2.45) is 0 Å². The summed E-state index contributed by atoms with van der Waals surface area (Å²) in [5.41, 5.74) is 0.222. The van der Waals surface area contributed by atoms with Gasteiger partial charge in [-0.2, -0.15) is 0 Å². The van der Waals surface area contributed by atoms with Crippen molar-refractivity contribution in [3.63, 3.8) is 0 Å². The molecule has 68 valence electrons. The van der Waals surface area contributed by atoms with Gasteiger partial charge in [-0.1, -0.05) is 11.8 Å². The molecule has 0 saturated carbocycles. The fourth-order valence-electron chi connectivity index (χ4n) is 0.863. The van der Waals surface area contributed by atoms with Crippen molar-refractivity contribution in [1.29, 1.82) is 0 Å². The molecular formula is C11H13NO. The average molecular weight is 175 g/mol. The van der Waals surface area contributed by atoms with Gasteiger partial charge >= 0.3 is 0 Å². The van der Waals surface area contributed by atoms with Crippen molar-refractivity contribution in [1.82, 2.24) is 4.98 Å². The van der Waals surface area contributed by atoms with Crippen LogP contribution < -0.4 is 0 Å².